The summed E-state index contributed by atoms with van der Waals surface area (Å²) in [4.78, 5) is 4.68. The van der Waals surface area contributed by atoms with Gasteiger partial charge in [-0.15, -0.1) is 0 Å². The van der Waals surface area contributed by atoms with Gasteiger partial charge < -0.3 is 14.0 Å². The molecular weight excluding hydrogens is 240 g/mol. The van der Waals surface area contributed by atoms with Gasteiger partial charge in [-0.3, -0.25) is 0 Å². The number of benzene rings is 1. The average molecular weight is 262 g/mol. The molecule has 0 unspecified atom stereocenters. The number of fused-ring (bicyclic) bond motifs is 1. The molecule has 4 heteroatoms. The molecule has 0 spiro atoms. The second-order valence-electron chi connectivity index (χ2n) is 4.67. The summed E-state index contributed by atoms with van der Waals surface area (Å²) < 4.78 is 13.6. The molecule has 0 aliphatic rings. The Bertz CT molecular complexity index is 528. The molecule has 2 aromatic rings. The van der Waals surface area contributed by atoms with Gasteiger partial charge >= 0.3 is 0 Å². The second-order valence-corrected chi connectivity index (χ2v) is 4.67. The molecule has 0 amide bonds. The highest BCUT2D eigenvalue weighted by molar-refractivity contribution is 5.76. The molecule has 0 radical (unpaired) electrons. The summed E-state index contributed by atoms with van der Waals surface area (Å²) in [5, 5.41) is 0. The first-order valence-electron chi connectivity index (χ1n) is 6.89. The van der Waals surface area contributed by atoms with Crippen molar-refractivity contribution in [2.45, 2.75) is 40.0 Å². The zero-order chi connectivity index (χ0) is 13.8. The SMILES string of the molecule is CCOC(OCC)c1nc2ccccc2n1C(C)C. The van der Waals surface area contributed by atoms with Crippen molar-refractivity contribution in [2.75, 3.05) is 13.2 Å². The van der Waals surface area contributed by atoms with Gasteiger partial charge in [0.2, 0.25) is 6.29 Å². The summed E-state index contributed by atoms with van der Waals surface area (Å²) in [6.07, 6.45) is -0.398. The third kappa shape index (κ3) is 2.80. The molecule has 0 saturated carbocycles. The number of hydrogen-bond donors (Lipinski definition) is 0. The Morgan fingerprint density at radius 2 is 1.74 bits per heavy atom. The van der Waals surface area contributed by atoms with Crippen LogP contribution < -0.4 is 0 Å². The highest BCUT2D eigenvalue weighted by Gasteiger charge is 2.22. The topological polar surface area (TPSA) is 36.3 Å². The third-order valence-electron chi connectivity index (χ3n) is 2.99. The number of para-hydroxylation sites is 2. The predicted octanol–water partition coefficient (Wildman–Crippen LogP) is 3.69. The van der Waals surface area contributed by atoms with Crippen LogP contribution in [0.4, 0.5) is 0 Å². The first kappa shape index (κ1) is 14.0. The van der Waals surface area contributed by atoms with Gasteiger partial charge in [0.15, 0.2) is 5.82 Å². The third-order valence-corrected chi connectivity index (χ3v) is 2.99. The van der Waals surface area contributed by atoms with Crippen LogP contribution >= 0.6 is 0 Å². The molecule has 2 rings (SSSR count). The molecule has 0 N–H and O–H groups in total. The first-order valence-corrected chi connectivity index (χ1v) is 6.89. The molecule has 1 aromatic heterocycles. The number of rotatable bonds is 6. The van der Waals surface area contributed by atoms with E-state index in [2.05, 4.69) is 29.5 Å². The van der Waals surface area contributed by atoms with Crippen LogP contribution in [-0.4, -0.2) is 22.8 Å². The monoisotopic (exact) mass is 262 g/mol. The van der Waals surface area contributed by atoms with Gasteiger partial charge in [-0.05, 0) is 39.8 Å². The molecule has 0 saturated heterocycles. The minimum absolute atomic E-state index is 0.311. The van der Waals surface area contributed by atoms with Crippen molar-refractivity contribution >= 4 is 11.0 Å². The van der Waals surface area contributed by atoms with E-state index in [1.807, 2.05) is 32.0 Å². The van der Waals surface area contributed by atoms with Crippen LogP contribution in [0.15, 0.2) is 24.3 Å². The Hall–Kier alpha value is -1.39. The van der Waals surface area contributed by atoms with Crippen molar-refractivity contribution in [2.24, 2.45) is 0 Å². The maximum absolute atomic E-state index is 5.68. The number of aromatic nitrogens is 2. The minimum atomic E-state index is -0.398. The van der Waals surface area contributed by atoms with Crippen LogP contribution in [0.1, 0.15) is 45.9 Å². The fourth-order valence-electron chi connectivity index (χ4n) is 2.27. The van der Waals surface area contributed by atoms with Crippen LogP contribution in [0.5, 0.6) is 0 Å². The zero-order valence-electron chi connectivity index (χ0n) is 12.1. The smallest absolute Gasteiger partial charge is 0.217 e. The molecule has 0 aliphatic carbocycles. The average Bonchev–Trinajstić information content (AvgIpc) is 2.77. The quantitative estimate of drug-likeness (QED) is 0.745. The lowest BCUT2D eigenvalue weighted by atomic mass is 10.3. The first-order chi connectivity index (χ1) is 9.19. The minimum Gasteiger partial charge on any atom is -0.346 e. The van der Waals surface area contributed by atoms with Gasteiger partial charge in [-0.25, -0.2) is 4.98 Å². The highest BCUT2D eigenvalue weighted by Crippen LogP contribution is 2.27. The van der Waals surface area contributed by atoms with Gasteiger partial charge in [-0.1, -0.05) is 12.1 Å². The van der Waals surface area contributed by atoms with E-state index in [9.17, 15) is 0 Å². The van der Waals surface area contributed by atoms with Crippen LogP contribution in [0, 0.1) is 0 Å². The molecule has 0 fully saturated rings. The van der Waals surface area contributed by atoms with Crippen LogP contribution in [0.2, 0.25) is 0 Å². The van der Waals surface area contributed by atoms with Gasteiger partial charge in [0.05, 0.1) is 11.0 Å². The van der Waals surface area contributed by atoms with Crippen molar-refractivity contribution in [1.82, 2.24) is 9.55 Å². The fraction of sp³-hybridized carbons (Fsp3) is 0.533. The summed E-state index contributed by atoms with van der Waals surface area (Å²) in [5.41, 5.74) is 2.10. The van der Waals surface area contributed by atoms with Crippen molar-refractivity contribution in [3.8, 4) is 0 Å². The lowest BCUT2D eigenvalue weighted by Gasteiger charge is -2.20. The maximum Gasteiger partial charge on any atom is 0.217 e. The number of imidazole rings is 1. The van der Waals surface area contributed by atoms with E-state index < -0.39 is 6.29 Å². The van der Waals surface area contributed by atoms with Crippen LogP contribution in [0.3, 0.4) is 0 Å². The van der Waals surface area contributed by atoms with Gasteiger partial charge in [0, 0.05) is 19.3 Å². The Kier molecular flexibility index (Phi) is 4.56. The van der Waals surface area contributed by atoms with Crippen molar-refractivity contribution in [1.29, 1.82) is 0 Å². The summed E-state index contributed by atoms with van der Waals surface area (Å²) in [7, 11) is 0. The molecule has 19 heavy (non-hydrogen) atoms. The van der Waals surface area contributed by atoms with E-state index in [4.69, 9.17) is 9.47 Å². The maximum atomic E-state index is 5.68. The molecule has 1 aromatic carbocycles. The predicted molar refractivity (Wildman–Crippen MR) is 76.1 cm³/mol. The fourth-order valence-corrected chi connectivity index (χ4v) is 2.27. The summed E-state index contributed by atoms with van der Waals surface area (Å²) in [6.45, 7) is 9.43. The standard InChI is InChI=1S/C15H22N2O2/c1-5-18-15(19-6-2)14-16-12-9-7-8-10-13(12)17(14)11(3)4/h7-11,15H,5-6H2,1-4H3. The lowest BCUT2D eigenvalue weighted by Crippen LogP contribution is -2.16. The summed E-state index contributed by atoms with van der Waals surface area (Å²) in [6, 6.07) is 8.45. The van der Waals surface area contributed by atoms with E-state index in [1.54, 1.807) is 0 Å². The Morgan fingerprint density at radius 3 is 2.32 bits per heavy atom. The van der Waals surface area contributed by atoms with Gasteiger partial charge in [0.1, 0.15) is 0 Å². The molecule has 104 valence electrons. The van der Waals surface area contributed by atoms with E-state index in [-0.39, 0.29) is 0 Å². The molecule has 0 atom stereocenters. The molecule has 0 aliphatic heterocycles. The van der Waals surface area contributed by atoms with E-state index in [0.29, 0.717) is 19.3 Å². The number of nitrogens with zero attached hydrogens (tertiary/aromatic N) is 2. The van der Waals surface area contributed by atoms with E-state index in [0.717, 1.165) is 16.9 Å². The highest BCUT2D eigenvalue weighted by atomic mass is 16.7. The van der Waals surface area contributed by atoms with E-state index in [1.165, 1.54) is 0 Å². The Labute approximate surface area is 114 Å². The number of hydrogen-bond acceptors (Lipinski definition) is 3. The van der Waals surface area contributed by atoms with Crippen molar-refractivity contribution < 1.29 is 9.47 Å². The summed E-state index contributed by atoms with van der Waals surface area (Å²) in [5.74, 6) is 0.847. The summed E-state index contributed by atoms with van der Waals surface area (Å²) >= 11 is 0. The molecular formula is C15H22N2O2. The number of ether oxygens (including phenoxy) is 2. The van der Waals surface area contributed by atoms with Crippen molar-refractivity contribution in [3.63, 3.8) is 0 Å². The lowest BCUT2D eigenvalue weighted by molar-refractivity contribution is -0.146. The van der Waals surface area contributed by atoms with Gasteiger partial charge in [-0.2, -0.15) is 0 Å². The van der Waals surface area contributed by atoms with Crippen molar-refractivity contribution in [3.05, 3.63) is 30.1 Å². The zero-order valence-corrected chi connectivity index (χ0v) is 12.1. The van der Waals surface area contributed by atoms with Crippen LogP contribution in [0.25, 0.3) is 11.0 Å². The normalized spacial score (nSPS) is 11.9. The van der Waals surface area contributed by atoms with Crippen LogP contribution in [-0.2, 0) is 9.47 Å². The Balaban J connectivity index is 2.53. The largest absolute Gasteiger partial charge is 0.346 e. The van der Waals surface area contributed by atoms with Gasteiger partial charge in [0.25, 0.3) is 0 Å². The molecule has 1 heterocycles. The molecule has 4 nitrogen and oxygen atoms in total. The van der Waals surface area contributed by atoms with E-state index >= 15 is 0 Å². The second kappa shape index (κ2) is 6.17. The molecule has 0 bridgehead atoms. The Morgan fingerprint density at radius 1 is 1.11 bits per heavy atom.